The van der Waals surface area contributed by atoms with E-state index in [1.54, 1.807) is 6.20 Å². The van der Waals surface area contributed by atoms with Crippen LogP contribution in [0.1, 0.15) is 16.7 Å². The molecule has 5 heteroatoms. The molecule has 0 unspecified atom stereocenters. The number of aromatic nitrogens is 3. The summed E-state index contributed by atoms with van der Waals surface area (Å²) in [6.45, 7) is 0. The maximum atomic E-state index is 8.63. The van der Waals surface area contributed by atoms with Gasteiger partial charge >= 0.3 is 0 Å². The molecule has 54 heavy (non-hydrogen) atoms. The SMILES string of the molecule is N=C(N=C(/C=C/c1cccc(-c2ccc(-c3ccnc(-c4cc(-c5ccccc5)cc(-c5ccccn5)n4)c3)cc2)c1)c1ccccc1)c1ccccc1. The number of aliphatic imine (C=N–C) groups is 1. The second-order valence-electron chi connectivity index (χ2n) is 12.8. The Morgan fingerprint density at radius 2 is 0.981 bits per heavy atom. The average Bonchev–Trinajstić information content (AvgIpc) is 3.26. The van der Waals surface area contributed by atoms with Crippen molar-refractivity contribution in [3.8, 4) is 56.2 Å². The number of hydrogen-bond donors (Lipinski definition) is 1. The van der Waals surface area contributed by atoms with E-state index in [9.17, 15) is 0 Å². The number of nitrogens with zero attached hydrogens (tertiary/aromatic N) is 4. The fourth-order valence-electron chi connectivity index (χ4n) is 6.29. The number of allylic oxidation sites excluding steroid dienone is 1. The summed E-state index contributed by atoms with van der Waals surface area (Å²) in [7, 11) is 0. The lowest BCUT2D eigenvalue weighted by atomic mass is 9.98. The zero-order chi connectivity index (χ0) is 36.5. The van der Waals surface area contributed by atoms with Crippen LogP contribution < -0.4 is 0 Å². The van der Waals surface area contributed by atoms with Gasteiger partial charge in [0.2, 0.25) is 0 Å². The third kappa shape index (κ3) is 7.91. The van der Waals surface area contributed by atoms with Crippen LogP contribution in [0.4, 0.5) is 0 Å². The topological polar surface area (TPSA) is 74.9 Å². The number of hydrogen-bond acceptors (Lipinski definition) is 4. The highest BCUT2D eigenvalue weighted by atomic mass is 14.8. The molecule has 8 aromatic rings. The lowest BCUT2D eigenvalue weighted by molar-refractivity contribution is 1.22. The largest absolute Gasteiger partial charge is 0.282 e. The van der Waals surface area contributed by atoms with E-state index in [4.69, 9.17) is 20.4 Å². The molecule has 0 radical (unpaired) electrons. The summed E-state index contributed by atoms with van der Waals surface area (Å²) in [5, 5.41) is 8.63. The van der Waals surface area contributed by atoms with Crippen molar-refractivity contribution in [3.63, 3.8) is 0 Å². The van der Waals surface area contributed by atoms with Crippen LogP contribution >= 0.6 is 0 Å². The molecule has 1 N–H and O–H groups in total. The average molecular weight is 694 g/mol. The van der Waals surface area contributed by atoms with Gasteiger partial charge in [-0.2, -0.15) is 0 Å². The number of nitrogens with one attached hydrogen (secondary N) is 1. The number of amidine groups is 1. The molecule has 0 atom stereocenters. The third-order valence-corrected chi connectivity index (χ3v) is 9.10. The van der Waals surface area contributed by atoms with Gasteiger partial charge in [0, 0.05) is 23.5 Å². The van der Waals surface area contributed by atoms with E-state index >= 15 is 0 Å². The Kier molecular flexibility index (Phi) is 9.93. The molecule has 0 aliphatic carbocycles. The molecule has 256 valence electrons. The first-order valence-corrected chi connectivity index (χ1v) is 17.8. The van der Waals surface area contributed by atoms with E-state index in [2.05, 4.69) is 89.9 Å². The van der Waals surface area contributed by atoms with E-state index in [-0.39, 0.29) is 5.84 Å². The smallest absolute Gasteiger partial charge is 0.152 e. The molecule has 8 rings (SSSR count). The fourth-order valence-corrected chi connectivity index (χ4v) is 6.29. The Morgan fingerprint density at radius 3 is 1.67 bits per heavy atom. The standard InChI is InChI=1S/C49H35N5/c50-49(40-18-8-3-9-19-40)54-44(39-16-6-2-7-17-39)27-22-35-13-12-20-41(31-35)37-23-25-38(26-24-37)42-28-30-52-46(32-42)48-34-43(36-14-4-1-5-15-36)33-47(53-48)45-21-10-11-29-51-45/h1-34,50H/b27-22+,50-49?,54-44?. The van der Waals surface area contributed by atoms with Gasteiger partial charge in [0.15, 0.2) is 5.84 Å². The molecule has 5 nitrogen and oxygen atoms in total. The zero-order valence-corrected chi connectivity index (χ0v) is 29.4. The van der Waals surface area contributed by atoms with E-state index in [0.29, 0.717) is 0 Å². The highest BCUT2D eigenvalue weighted by Gasteiger charge is 2.12. The van der Waals surface area contributed by atoms with Crippen LogP contribution in [0.2, 0.25) is 0 Å². The van der Waals surface area contributed by atoms with Crippen LogP contribution in [-0.4, -0.2) is 26.5 Å². The van der Waals surface area contributed by atoms with Crippen molar-refractivity contribution in [1.82, 2.24) is 15.0 Å². The Hall–Kier alpha value is -7.37. The predicted molar refractivity (Wildman–Crippen MR) is 222 cm³/mol. The molecule has 0 bridgehead atoms. The molecule has 0 aliphatic rings. The first kappa shape index (κ1) is 33.8. The minimum atomic E-state index is 0.223. The second-order valence-corrected chi connectivity index (χ2v) is 12.8. The lowest BCUT2D eigenvalue weighted by Gasteiger charge is -2.11. The molecule has 0 spiro atoms. The zero-order valence-electron chi connectivity index (χ0n) is 29.4. The van der Waals surface area contributed by atoms with Gasteiger partial charge in [0.05, 0.1) is 28.5 Å². The second kappa shape index (κ2) is 15.9. The molecule has 3 heterocycles. The van der Waals surface area contributed by atoms with Gasteiger partial charge in [-0.3, -0.25) is 15.4 Å². The van der Waals surface area contributed by atoms with Crippen LogP contribution in [-0.2, 0) is 0 Å². The predicted octanol–water partition coefficient (Wildman–Crippen LogP) is 11.7. The van der Waals surface area contributed by atoms with Crippen molar-refractivity contribution in [2.75, 3.05) is 0 Å². The maximum absolute atomic E-state index is 8.63. The van der Waals surface area contributed by atoms with Crippen molar-refractivity contribution < 1.29 is 0 Å². The quantitative estimate of drug-likeness (QED) is 0.121. The van der Waals surface area contributed by atoms with E-state index in [0.717, 1.165) is 78.6 Å². The molecule has 0 saturated heterocycles. The molecular weight excluding hydrogens is 659 g/mol. The molecule has 0 saturated carbocycles. The first-order valence-electron chi connectivity index (χ1n) is 17.8. The molecule has 5 aromatic carbocycles. The van der Waals surface area contributed by atoms with Gasteiger partial charge in [0.1, 0.15) is 0 Å². The van der Waals surface area contributed by atoms with Gasteiger partial charge in [-0.25, -0.2) is 9.98 Å². The summed E-state index contributed by atoms with van der Waals surface area (Å²) in [6.07, 6.45) is 7.68. The van der Waals surface area contributed by atoms with Gasteiger partial charge in [0.25, 0.3) is 0 Å². The number of benzene rings is 5. The van der Waals surface area contributed by atoms with Crippen molar-refractivity contribution in [2.45, 2.75) is 0 Å². The van der Waals surface area contributed by atoms with E-state index in [1.807, 2.05) is 115 Å². The monoisotopic (exact) mass is 693 g/mol. The Morgan fingerprint density at radius 1 is 0.426 bits per heavy atom. The molecular formula is C49H35N5. The van der Waals surface area contributed by atoms with Crippen molar-refractivity contribution in [2.24, 2.45) is 4.99 Å². The summed E-state index contributed by atoms with van der Waals surface area (Å²) >= 11 is 0. The van der Waals surface area contributed by atoms with Gasteiger partial charge in [-0.15, -0.1) is 0 Å². The van der Waals surface area contributed by atoms with Gasteiger partial charge < -0.3 is 0 Å². The summed E-state index contributed by atoms with van der Waals surface area (Å²) < 4.78 is 0. The van der Waals surface area contributed by atoms with Crippen LogP contribution in [0, 0.1) is 5.41 Å². The molecule has 0 aliphatic heterocycles. The highest BCUT2D eigenvalue weighted by molar-refractivity contribution is 6.17. The number of pyridine rings is 3. The van der Waals surface area contributed by atoms with E-state index < -0.39 is 0 Å². The minimum absolute atomic E-state index is 0.223. The van der Waals surface area contributed by atoms with Gasteiger partial charge in [-0.1, -0.05) is 146 Å². The minimum Gasteiger partial charge on any atom is -0.282 e. The van der Waals surface area contributed by atoms with Crippen LogP contribution in [0.15, 0.2) is 205 Å². The lowest BCUT2D eigenvalue weighted by Crippen LogP contribution is -2.03. The third-order valence-electron chi connectivity index (χ3n) is 9.10. The highest BCUT2D eigenvalue weighted by Crippen LogP contribution is 2.31. The summed E-state index contributed by atoms with van der Waals surface area (Å²) in [6, 6.07) is 61.2. The Bertz CT molecular complexity index is 2520. The van der Waals surface area contributed by atoms with Gasteiger partial charge in [-0.05, 0) is 87.5 Å². The van der Waals surface area contributed by atoms with Crippen molar-refractivity contribution in [1.29, 1.82) is 5.41 Å². The molecule has 3 aromatic heterocycles. The maximum Gasteiger partial charge on any atom is 0.152 e. The first-order chi connectivity index (χ1) is 26.7. The van der Waals surface area contributed by atoms with Crippen molar-refractivity contribution >= 4 is 17.6 Å². The summed E-state index contributed by atoms with van der Waals surface area (Å²) in [5.41, 5.74) is 13.2. The summed E-state index contributed by atoms with van der Waals surface area (Å²) in [4.78, 5) is 19.1. The molecule has 0 amide bonds. The normalized spacial score (nSPS) is 11.4. The van der Waals surface area contributed by atoms with Crippen molar-refractivity contribution in [3.05, 3.63) is 217 Å². The molecule has 0 fully saturated rings. The Labute approximate surface area is 315 Å². The van der Waals surface area contributed by atoms with Crippen LogP contribution in [0.5, 0.6) is 0 Å². The van der Waals surface area contributed by atoms with E-state index in [1.165, 1.54) is 0 Å². The number of rotatable bonds is 9. The Balaban J connectivity index is 1.06. The van der Waals surface area contributed by atoms with Crippen LogP contribution in [0.25, 0.3) is 62.2 Å². The summed E-state index contributed by atoms with van der Waals surface area (Å²) in [5.74, 6) is 0.223. The van der Waals surface area contributed by atoms with Crippen LogP contribution in [0.3, 0.4) is 0 Å². The fraction of sp³-hybridized carbons (Fsp3) is 0.